The fourth-order valence-electron chi connectivity index (χ4n) is 2.60. The molecule has 0 bridgehead atoms. The highest BCUT2D eigenvalue weighted by Gasteiger charge is 2.49. The summed E-state index contributed by atoms with van der Waals surface area (Å²) in [6.45, 7) is 4.97. The van der Waals surface area contributed by atoms with Crippen LogP contribution in [0.2, 0.25) is 0 Å². The Hall–Kier alpha value is -3.35. The van der Waals surface area contributed by atoms with Gasteiger partial charge >= 0.3 is 12.1 Å². The third-order valence-corrected chi connectivity index (χ3v) is 4.02. The first-order valence-electron chi connectivity index (χ1n) is 8.49. The number of nitrogens with one attached hydrogen (secondary N) is 1. The molecule has 1 heterocycles. The molecule has 0 radical (unpaired) electrons. The molecule has 1 aliphatic rings. The predicted octanol–water partition coefficient (Wildman–Crippen LogP) is 1.16. The van der Waals surface area contributed by atoms with E-state index >= 15 is 0 Å². The lowest BCUT2D eigenvalue weighted by Crippen LogP contribution is -2.48. The number of esters is 1. The number of aromatic nitrogens is 1. The van der Waals surface area contributed by atoms with Gasteiger partial charge in [0.05, 0.1) is 18.7 Å². The molecule has 2 amide bonds. The zero-order valence-electron chi connectivity index (χ0n) is 16.4. The minimum atomic E-state index is -1.21. The van der Waals surface area contributed by atoms with E-state index in [2.05, 4.69) is 5.43 Å². The summed E-state index contributed by atoms with van der Waals surface area (Å²) in [5.41, 5.74) is -0.910. The number of hydrazine groups is 1. The highest BCUT2D eigenvalue weighted by atomic mass is 16.6. The summed E-state index contributed by atoms with van der Waals surface area (Å²) in [6, 6.07) is 4.29. The maximum atomic E-state index is 13.0. The number of hydrogen-bond acceptors (Lipinski definition) is 7. The highest BCUT2D eigenvalue weighted by molar-refractivity contribution is 6.04. The molecule has 1 N–H and O–H groups in total. The third-order valence-electron chi connectivity index (χ3n) is 4.02. The molecule has 1 aromatic rings. The molecular formula is C18H22N4O6. The average molecular weight is 390 g/mol. The van der Waals surface area contributed by atoms with Crippen LogP contribution in [0.3, 0.4) is 0 Å². The van der Waals surface area contributed by atoms with E-state index in [-0.39, 0.29) is 11.3 Å². The lowest BCUT2D eigenvalue weighted by atomic mass is 10.1. The van der Waals surface area contributed by atoms with Crippen molar-refractivity contribution in [2.24, 2.45) is 0 Å². The van der Waals surface area contributed by atoms with Crippen LogP contribution >= 0.6 is 0 Å². The molecule has 10 heteroatoms. The van der Waals surface area contributed by atoms with Gasteiger partial charge in [0.15, 0.2) is 0 Å². The molecular weight excluding hydrogens is 368 g/mol. The van der Waals surface area contributed by atoms with Gasteiger partial charge in [0, 0.05) is 13.1 Å². The van der Waals surface area contributed by atoms with Gasteiger partial charge in [-0.05, 0) is 39.7 Å². The van der Waals surface area contributed by atoms with E-state index in [0.29, 0.717) is 12.8 Å². The van der Waals surface area contributed by atoms with Gasteiger partial charge in [-0.15, -0.1) is 0 Å². The van der Waals surface area contributed by atoms with Crippen LogP contribution in [0.4, 0.5) is 4.79 Å². The molecule has 0 saturated heterocycles. The molecule has 2 rings (SSSR count). The number of amides is 2. The SMILES string of the molecule is COC(=O)c1ccc(=O)n(C2(C#N)CC2)c1C(=O)N(C)NC(=O)OC(C)(C)C. The van der Waals surface area contributed by atoms with Crippen molar-refractivity contribution in [3.63, 3.8) is 0 Å². The van der Waals surface area contributed by atoms with Crippen LogP contribution in [-0.2, 0) is 15.0 Å². The Morgan fingerprint density at radius 1 is 1.29 bits per heavy atom. The van der Waals surface area contributed by atoms with Gasteiger partial charge in [0.2, 0.25) is 0 Å². The number of rotatable bonds is 3. The second-order valence-electron chi connectivity index (χ2n) is 7.38. The maximum absolute atomic E-state index is 13.0. The van der Waals surface area contributed by atoms with E-state index in [9.17, 15) is 24.4 Å². The molecule has 10 nitrogen and oxygen atoms in total. The molecule has 0 atom stereocenters. The molecule has 0 unspecified atom stereocenters. The van der Waals surface area contributed by atoms with Crippen LogP contribution in [0.1, 0.15) is 54.5 Å². The topological polar surface area (TPSA) is 131 Å². The Kier molecular flexibility index (Phi) is 5.50. The lowest BCUT2D eigenvalue weighted by molar-refractivity contribution is 0.0329. The van der Waals surface area contributed by atoms with Crippen molar-refractivity contribution in [3.8, 4) is 6.07 Å². The van der Waals surface area contributed by atoms with Crippen LogP contribution in [0, 0.1) is 11.3 Å². The van der Waals surface area contributed by atoms with E-state index in [1.807, 2.05) is 6.07 Å². The van der Waals surface area contributed by atoms with Crippen molar-refractivity contribution in [2.75, 3.05) is 14.2 Å². The lowest BCUT2D eigenvalue weighted by Gasteiger charge is -2.25. The van der Waals surface area contributed by atoms with E-state index in [0.717, 1.165) is 28.8 Å². The van der Waals surface area contributed by atoms with Crippen LogP contribution < -0.4 is 11.0 Å². The fraction of sp³-hybridized carbons (Fsp3) is 0.500. The number of carbonyl (C=O) groups excluding carboxylic acids is 3. The highest BCUT2D eigenvalue weighted by Crippen LogP contribution is 2.43. The molecule has 1 saturated carbocycles. The second-order valence-corrected chi connectivity index (χ2v) is 7.38. The van der Waals surface area contributed by atoms with Crippen molar-refractivity contribution in [2.45, 2.75) is 44.8 Å². The van der Waals surface area contributed by atoms with E-state index in [4.69, 9.17) is 9.47 Å². The Labute approximate surface area is 161 Å². The maximum Gasteiger partial charge on any atom is 0.426 e. The van der Waals surface area contributed by atoms with Crippen molar-refractivity contribution in [1.82, 2.24) is 15.0 Å². The zero-order valence-corrected chi connectivity index (χ0v) is 16.4. The van der Waals surface area contributed by atoms with Crippen molar-refractivity contribution < 1.29 is 23.9 Å². The molecule has 0 aliphatic heterocycles. The Balaban J connectivity index is 2.50. The number of hydrogen-bond donors (Lipinski definition) is 1. The number of carbonyl (C=O) groups is 3. The summed E-state index contributed by atoms with van der Waals surface area (Å²) < 4.78 is 10.8. The fourth-order valence-corrected chi connectivity index (χ4v) is 2.60. The van der Waals surface area contributed by atoms with Crippen molar-refractivity contribution in [1.29, 1.82) is 5.26 Å². The minimum absolute atomic E-state index is 0.188. The van der Waals surface area contributed by atoms with E-state index < -0.39 is 34.7 Å². The number of nitriles is 1. The summed E-state index contributed by atoms with van der Waals surface area (Å²) in [5, 5.41) is 10.3. The predicted molar refractivity (Wildman–Crippen MR) is 96.3 cm³/mol. The molecule has 1 fully saturated rings. The molecule has 150 valence electrons. The van der Waals surface area contributed by atoms with Crippen LogP contribution in [0.15, 0.2) is 16.9 Å². The Morgan fingerprint density at radius 3 is 2.36 bits per heavy atom. The van der Waals surface area contributed by atoms with Gasteiger partial charge in [-0.2, -0.15) is 5.26 Å². The van der Waals surface area contributed by atoms with Crippen molar-refractivity contribution >= 4 is 18.0 Å². The number of nitrogens with zero attached hydrogens (tertiary/aromatic N) is 3. The van der Waals surface area contributed by atoms with E-state index in [1.165, 1.54) is 7.05 Å². The molecule has 1 aromatic heterocycles. The number of ether oxygens (including phenoxy) is 2. The first kappa shape index (κ1) is 21.0. The standard InChI is InChI=1S/C18H22N4O6/c1-17(2,3)28-16(26)20-21(4)14(24)13-11(15(25)27-5)6-7-12(23)22(13)18(10-19)8-9-18/h6-7H,8-9H2,1-5H3,(H,20,26). The minimum Gasteiger partial charge on any atom is -0.465 e. The summed E-state index contributed by atoms with van der Waals surface area (Å²) in [7, 11) is 2.37. The molecule has 0 spiro atoms. The molecule has 28 heavy (non-hydrogen) atoms. The van der Waals surface area contributed by atoms with Crippen LogP contribution in [0.25, 0.3) is 0 Å². The molecule has 0 aromatic carbocycles. The van der Waals surface area contributed by atoms with Gasteiger partial charge in [0.1, 0.15) is 16.8 Å². The normalized spacial score (nSPS) is 14.4. The zero-order chi connectivity index (χ0) is 21.3. The Morgan fingerprint density at radius 2 is 1.89 bits per heavy atom. The first-order valence-corrected chi connectivity index (χ1v) is 8.49. The third kappa shape index (κ3) is 4.14. The number of pyridine rings is 1. The van der Waals surface area contributed by atoms with Crippen LogP contribution in [0.5, 0.6) is 0 Å². The first-order chi connectivity index (χ1) is 13.0. The largest absolute Gasteiger partial charge is 0.465 e. The van der Waals surface area contributed by atoms with E-state index in [1.54, 1.807) is 20.8 Å². The second kappa shape index (κ2) is 7.34. The average Bonchev–Trinajstić information content (AvgIpc) is 3.39. The van der Waals surface area contributed by atoms with Crippen molar-refractivity contribution in [3.05, 3.63) is 33.7 Å². The van der Waals surface area contributed by atoms with Gasteiger partial charge in [-0.1, -0.05) is 0 Å². The summed E-state index contributed by atoms with van der Waals surface area (Å²) in [4.78, 5) is 49.6. The smallest absolute Gasteiger partial charge is 0.426 e. The number of methoxy groups -OCH3 is 1. The summed E-state index contributed by atoms with van der Waals surface area (Å²) in [5.74, 6) is -1.72. The van der Waals surface area contributed by atoms with Gasteiger partial charge < -0.3 is 9.47 Å². The summed E-state index contributed by atoms with van der Waals surface area (Å²) >= 11 is 0. The Bertz CT molecular complexity index is 917. The van der Waals surface area contributed by atoms with Gasteiger partial charge in [0.25, 0.3) is 11.5 Å². The van der Waals surface area contributed by atoms with Crippen LogP contribution in [-0.4, -0.2) is 47.3 Å². The monoisotopic (exact) mass is 390 g/mol. The molecule has 1 aliphatic carbocycles. The van der Waals surface area contributed by atoms with Gasteiger partial charge in [-0.3, -0.25) is 14.2 Å². The quantitative estimate of drug-likeness (QED) is 0.605. The summed E-state index contributed by atoms with van der Waals surface area (Å²) in [6.07, 6.45) is -0.177. The van der Waals surface area contributed by atoms with Gasteiger partial charge in [-0.25, -0.2) is 20.0 Å².